The number of anilines is 1. The molecule has 0 saturated carbocycles. The summed E-state index contributed by atoms with van der Waals surface area (Å²) in [5.41, 5.74) is 0.0882. The number of hydrogen-bond donors (Lipinski definition) is 2. The molecule has 0 fully saturated rings. The predicted octanol–water partition coefficient (Wildman–Crippen LogP) is 3.05. The lowest BCUT2D eigenvalue weighted by Gasteiger charge is -2.12. The first-order valence-electron chi connectivity index (χ1n) is 6.60. The van der Waals surface area contributed by atoms with Crippen molar-refractivity contribution >= 4 is 17.6 Å². The van der Waals surface area contributed by atoms with Gasteiger partial charge in [-0.25, -0.2) is 13.2 Å². The van der Waals surface area contributed by atoms with Crippen molar-refractivity contribution < 1.29 is 32.6 Å². The van der Waals surface area contributed by atoms with E-state index in [2.05, 4.69) is 5.32 Å². The maximum Gasteiger partial charge on any atom is 0.303 e. The summed E-state index contributed by atoms with van der Waals surface area (Å²) in [7, 11) is 0. The highest BCUT2D eigenvalue weighted by Crippen LogP contribution is 2.26. The van der Waals surface area contributed by atoms with Gasteiger partial charge in [0.2, 0.25) is 5.91 Å². The van der Waals surface area contributed by atoms with Crippen molar-refractivity contribution in [1.29, 1.82) is 0 Å². The van der Waals surface area contributed by atoms with Crippen LogP contribution in [-0.4, -0.2) is 30.0 Å². The fraction of sp³-hybridized carbons (Fsp3) is 0.429. The Hall–Kier alpha value is -2.25. The highest BCUT2D eigenvalue weighted by atomic mass is 19.3. The fourth-order valence-electron chi connectivity index (χ4n) is 1.65. The quantitative estimate of drug-likeness (QED) is 0.686. The predicted molar refractivity (Wildman–Crippen MR) is 72.6 cm³/mol. The van der Waals surface area contributed by atoms with Gasteiger partial charge in [0, 0.05) is 18.9 Å². The van der Waals surface area contributed by atoms with Crippen molar-refractivity contribution in [3.8, 4) is 5.75 Å². The molecule has 0 heterocycles. The van der Waals surface area contributed by atoms with Crippen LogP contribution < -0.4 is 10.1 Å². The first-order valence-corrected chi connectivity index (χ1v) is 6.60. The number of carbonyl (C=O) groups is 2. The van der Waals surface area contributed by atoms with E-state index in [0.717, 1.165) is 12.1 Å². The van der Waals surface area contributed by atoms with Gasteiger partial charge < -0.3 is 15.2 Å². The molecule has 0 aliphatic heterocycles. The number of benzene rings is 1. The molecule has 5 nitrogen and oxygen atoms in total. The molecule has 0 unspecified atom stereocenters. The molecule has 0 aromatic heterocycles. The second-order valence-electron chi connectivity index (χ2n) is 4.49. The summed E-state index contributed by atoms with van der Waals surface area (Å²) in [5.74, 6) is -2.23. The van der Waals surface area contributed by atoms with Crippen molar-refractivity contribution in [2.75, 3.05) is 11.9 Å². The van der Waals surface area contributed by atoms with E-state index in [9.17, 15) is 22.8 Å². The Morgan fingerprint density at radius 1 is 1.23 bits per heavy atom. The van der Waals surface area contributed by atoms with Gasteiger partial charge in [-0.15, -0.1) is 0 Å². The summed E-state index contributed by atoms with van der Waals surface area (Å²) in [5, 5.41) is 10.9. The van der Waals surface area contributed by atoms with E-state index in [1.54, 1.807) is 0 Å². The summed E-state index contributed by atoms with van der Waals surface area (Å²) in [6.07, 6.45) is -1.97. The molecule has 2 N–H and O–H groups in total. The van der Waals surface area contributed by atoms with Gasteiger partial charge >= 0.3 is 5.97 Å². The third-order valence-corrected chi connectivity index (χ3v) is 2.63. The zero-order valence-electron chi connectivity index (χ0n) is 11.7. The fourth-order valence-corrected chi connectivity index (χ4v) is 1.65. The van der Waals surface area contributed by atoms with Crippen LogP contribution in [0.5, 0.6) is 5.75 Å². The van der Waals surface area contributed by atoms with Gasteiger partial charge in [-0.2, -0.15) is 0 Å². The Morgan fingerprint density at radius 3 is 2.55 bits per heavy atom. The van der Waals surface area contributed by atoms with E-state index in [1.807, 2.05) is 0 Å². The van der Waals surface area contributed by atoms with Crippen LogP contribution in [0.1, 0.15) is 25.7 Å². The van der Waals surface area contributed by atoms with Gasteiger partial charge in [0.25, 0.3) is 6.43 Å². The van der Waals surface area contributed by atoms with E-state index in [4.69, 9.17) is 9.84 Å². The molecule has 8 heteroatoms. The largest absolute Gasteiger partial charge is 0.485 e. The topological polar surface area (TPSA) is 75.6 Å². The molecule has 0 radical (unpaired) electrons. The number of aliphatic carboxylic acids is 1. The average Bonchev–Trinajstić information content (AvgIpc) is 2.43. The summed E-state index contributed by atoms with van der Waals surface area (Å²) in [4.78, 5) is 22.0. The average molecular weight is 319 g/mol. The number of carbonyl (C=O) groups excluding carboxylic acids is 1. The second kappa shape index (κ2) is 8.91. The van der Waals surface area contributed by atoms with Gasteiger partial charge in [0.1, 0.15) is 18.2 Å². The number of amides is 1. The molecule has 122 valence electrons. The van der Waals surface area contributed by atoms with Crippen LogP contribution in [0.15, 0.2) is 18.2 Å². The molecule has 0 spiro atoms. The minimum atomic E-state index is -2.72. The van der Waals surface area contributed by atoms with Crippen LogP contribution in [0.4, 0.5) is 18.9 Å². The van der Waals surface area contributed by atoms with Gasteiger partial charge in [0.15, 0.2) is 0 Å². The van der Waals surface area contributed by atoms with Crippen LogP contribution in [0.3, 0.4) is 0 Å². The Kier molecular flexibility index (Phi) is 7.21. The molecular weight excluding hydrogens is 303 g/mol. The van der Waals surface area contributed by atoms with Crippen LogP contribution in [0, 0.1) is 5.82 Å². The first-order chi connectivity index (χ1) is 10.4. The summed E-state index contributed by atoms with van der Waals surface area (Å²) >= 11 is 0. The van der Waals surface area contributed by atoms with Gasteiger partial charge in [-0.1, -0.05) is 0 Å². The van der Waals surface area contributed by atoms with E-state index in [0.29, 0.717) is 12.8 Å². The van der Waals surface area contributed by atoms with Crippen molar-refractivity contribution in [3.63, 3.8) is 0 Å². The molecular formula is C14H16F3NO4. The number of halogens is 3. The van der Waals surface area contributed by atoms with Crippen molar-refractivity contribution in [1.82, 2.24) is 0 Å². The molecule has 1 aromatic carbocycles. The maximum atomic E-state index is 13.1. The highest BCUT2D eigenvalue weighted by Gasteiger charge is 2.12. The van der Waals surface area contributed by atoms with E-state index < -0.39 is 30.7 Å². The monoisotopic (exact) mass is 319 g/mol. The second-order valence-corrected chi connectivity index (χ2v) is 4.49. The van der Waals surface area contributed by atoms with Gasteiger partial charge in [0.05, 0.1) is 5.69 Å². The molecule has 0 atom stereocenters. The SMILES string of the molecule is O=C(O)CCCCC(=O)Nc1ccc(F)cc1OCC(F)F. The lowest BCUT2D eigenvalue weighted by atomic mass is 10.2. The van der Waals surface area contributed by atoms with Crippen LogP contribution >= 0.6 is 0 Å². The Balaban J connectivity index is 2.56. The third-order valence-electron chi connectivity index (χ3n) is 2.63. The standard InChI is InChI=1S/C14H16F3NO4/c15-9-5-6-10(11(7-9)22-8-12(16)17)18-13(19)3-1-2-4-14(20)21/h5-7,12H,1-4,8H2,(H,18,19)(H,20,21). The lowest BCUT2D eigenvalue weighted by Crippen LogP contribution is -2.14. The molecule has 1 aromatic rings. The number of nitrogens with one attached hydrogen (secondary N) is 1. The number of rotatable bonds is 9. The molecule has 1 rings (SSSR count). The van der Waals surface area contributed by atoms with E-state index >= 15 is 0 Å². The summed E-state index contributed by atoms with van der Waals surface area (Å²) in [6.45, 7) is -0.912. The summed E-state index contributed by atoms with van der Waals surface area (Å²) in [6, 6.07) is 3.18. The first kappa shape index (κ1) is 17.8. The van der Waals surface area contributed by atoms with Crippen LogP contribution in [0.2, 0.25) is 0 Å². The van der Waals surface area contributed by atoms with Crippen LogP contribution in [-0.2, 0) is 9.59 Å². The molecule has 0 saturated heterocycles. The number of hydrogen-bond acceptors (Lipinski definition) is 3. The number of carboxylic acid groups (broad SMARTS) is 1. The maximum absolute atomic E-state index is 13.1. The van der Waals surface area contributed by atoms with Crippen molar-refractivity contribution in [2.45, 2.75) is 32.1 Å². The zero-order chi connectivity index (χ0) is 16.5. The Morgan fingerprint density at radius 2 is 1.91 bits per heavy atom. The molecule has 0 aliphatic carbocycles. The van der Waals surface area contributed by atoms with E-state index in [-0.39, 0.29) is 24.3 Å². The number of unbranched alkanes of at least 4 members (excludes halogenated alkanes) is 1. The van der Waals surface area contributed by atoms with Gasteiger partial charge in [-0.05, 0) is 25.0 Å². The Labute approximate surface area is 125 Å². The van der Waals surface area contributed by atoms with Crippen LogP contribution in [0.25, 0.3) is 0 Å². The Bertz CT molecular complexity index is 523. The minimum Gasteiger partial charge on any atom is -0.485 e. The highest BCUT2D eigenvalue weighted by molar-refractivity contribution is 5.92. The number of ether oxygens (including phenoxy) is 1. The van der Waals surface area contributed by atoms with Crippen molar-refractivity contribution in [2.24, 2.45) is 0 Å². The molecule has 22 heavy (non-hydrogen) atoms. The smallest absolute Gasteiger partial charge is 0.303 e. The summed E-state index contributed by atoms with van der Waals surface area (Å²) < 4.78 is 42.1. The molecule has 0 aliphatic rings. The zero-order valence-corrected chi connectivity index (χ0v) is 11.7. The number of carboxylic acids is 1. The van der Waals surface area contributed by atoms with Gasteiger partial charge in [-0.3, -0.25) is 9.59 Å². The lowest BCUT2D eigenvalue weighted by molar-refractivity contribution is -0.137. The molecule has 0 bridgehead atoms. The van der Waals surface area contributed by atoms with E-state index in [1.165, 1.54) is 6.07 Å². The molecule has 1 amide bonds. The minimum absolute atomic E-state index is 0.0351. The van der Waals surface area contributed by atoms with Crippen molar-refractivity contribution in [3.05, 3.63) is 24.0 Å². The number of alkyl halides is 2. The third kappa shape index (κ3) is 6.96. The normalized spacial score (nSPS) is 10.5.